The number of carbonyl (C=O) groups excluding carboxylic acids is 1. The third-order valence-electron chi connectivity index (χ3n) is 3.70. The largest absolute Gasteiger partial charge is 0.464 e. The number of rotatable bonds is 3. The molecule has 106 valence electrons. The van der Waals surface area contributed by atoms with E-state index in [1.54, 1.807) is 16.5 Å². The maximum atomic E-state index is 11.9. The van der Waals surface area contributed by atoms with Gasteiger partial charge < -0.3 is 4.74 Å². The average molecular weight is 274 g/mol. The van der Waals surface area contributed by atoms with Crippen LogP contribution >= 0.6 is 0 Å². The van der Waals surface area contributed by atoms with Crippen molar-refractivity contribution in [3.05, 3.63) is 29.7 Å². The molecule has 1 aliphatic rings. The van der Waals surface area contributed by atoms with Gasteiger partial charge in [-0.3, -0.25) is 9.30 Å². The van der Waals surface area contributed by atoms with Crippen molar-refractivity contribution in [2.75, 3.05) is 20.2 Å². The van der Waals surface area contributed by atoms with E-state index in [1.807, 2.05) is 6.07 Å². The Morgan fingerprint density at radius 3 is 2.80 bits per heavy atom. The van der Waals surface area contributed by atoms with E-state index in [-0.39, 0.29) is 5.97 Å². The van der Waals surface area contributed by atoms with Crippen LogP contribution in [0.5, 0.6) is 0 Å². The number of methoxy groups -OCH3 is 1. The zero-order chi connectivity index (χ0) is 13.9. The molecule has 0 aliphatic carbocycles. The van der Waals surface area contributed by atoms with E-state index in [0.717, 1.165) is 25.5 Å². The van der Waals surface area contributed by atoms with Crippen LogP contribution in [0.1, 0.15) is 35.6 Å². The van der Waals surface area contributed by atoms with Crippen LogP contribution in [0.3, 0.4) is 0 Å². The molecule has 0 bridgehead atoms. The predicted octanol–water partition coefficient (Wildman–Crippen LogP) is 1.50. The van der Waals surface area contributed by atoms with E-state index in [4.69, 9.17) is 4.74 Å². The number of carbonyl (C=O) groups is 1. The molecule has 1 aliphatic heterocycles. The van der Waals surface area contributed by atoms with Gasteiger partial charge in [-0.2, -0.15) is 0 Å². The maximum absolute atomic E-state index is 11.9. The lowest BCUT2D eigenvalue weighted by molar-refractivity contribution is 0.0591. The first-order valence-corrected chi connectivity index (χ1v) is 6.93. The van der Waals surface area contributed by atoms with Gasteiger partial charge in [0.25, 0.3) is 0 Å². The van der Waals surface area contributed by atoms with E-state index < -0.39 is 0 Å². The minimum Gasteiger partial charge on any atom is -0.464 e. The molecule has 0 spiro atoms. The smallest absolute Gasteiger partial charge is 0.355 e. The second-order valence-electron chi connectivity index (χ2n) is 5.05. The SMILES string of the molecule is COC(=O)c1cccc2nnc(CN3CCCCC3)n12. The summed E-state index contributed by atoms with van der Waals surface area (Å²) in [5.74, 6) is 0.429. The first-order valence-electron chi connectivity index (χ1n) is 6.93. The van der Waals surface area contributed by atoms with Crippen molar-refractivity contribution in [2.45, 2.75) is 25.8 Å². The third kappa shape index (κ3) is 2.38. The van der Waals surface area contributed by atoms with Gasteiger partial charge in [-0.25, -0.2) is 4.79 Å². The number of hydrogen-bond donors (Lipinski definition) is 0. The highest BCUT2D eigenvalue weighted by Crippen LogP contribution is 2.15. The molecular formula is C14H18N4O2. The Kier molecular flexibility index (Phi) is 3.64. The Balaban J connectivity index is 1.96. The Hall–Kier alpha value is -1.95. The molecule has 0 unspecified atom stereocenters. The molecule has 20 heavy (non-hydrogen) atoms. The zero-order valence-electron chi connectivity index (χ0n) is 11.6. The highest BCUT2D eigenvalue weighted by atomic mass is 16.5. The second kappa shape index (κ2) is 5.58. The standard InChI is InChI=1S/C14H18N4O2/c1-20-14(19)11-6-5-7-12-15-16-13(18(11)12)10-17-8-3-2-4-9-17/h5-7H,2-4,8-10H2,1H3. The monoisotopic (exact) mass is 274 g/mol. The Bertz CT molecular complexity index is 617. The van der Waals surface area contributed by atoms with Crippen molar-refractivity contribution in [3.63, 3.8) is 0 Å². The first-order chi connectivity index (χ1) is 9.79. The lowest BCUT2D eigenvalue weighted by atomic mass is 10.1. The van der Waals surface area contributed by atoms with Crippen molar-refractivity contribution < 1.29 is 9.53 Å². The molecule has 1 saturated heterocycles. The fraction of sp³-hybridized carbons (Fsp3) is 0.500. The summed E-state index contributed by atoms with van der Waals surface area (Å²) in [4.78, 5) is 14.2. The Morgan fingerprint density at radius 2 is 2.05 bits per heavy atom. The third-order valence-corrected chi connectivity index (χ3v) is 3.70. The summed E-state index contributed by atoms with van der Waals surface area (Å²) in [6.07, 6.45) is 3.74. The number of aromatic nitrogens is 3. The molecule has 2 aromatic heterocycles. The van der Waals surface area contributed by atoms with Gasteiger partial charge in [-0.1, -0.05) is 12.5 Å². The van der Waals surface area contributed by atoms with Gasteiger partial charge in [-0.05, 0) is 38.1 Å². The van der Waals surface area contributed by atoms with Gasteiger partial charge in [0.1, 0.15) is 5.69 Å². The minimum atomic E-state index is -0.365. The summed E-state index contributed by atoms with van der Waals surface area (Å²) in [5, 5.41) is 8.37. The predicted molar refractivity (Wildman–Crippen MR) is 73.5 cm³/mol. The minimum absolute atomic E-state index is 0.365. The number of ether oxygens (including phenoxy) is 1. The van der Waals surface area contributed by atoms with Crippen LogP contribution in [0.15, 0.2) is 18.2 Å². The molecule has 0 atom stereocenters. The summed E-state index contributed by atoms with van der Waals surface area (Å²) in [6.45, 7) is 2.87. The lowest BCUT2D eigenvalue weighted by Crippen LogP contribution is -2.30. The first kappa shape index (κ1) is 13.1. The topological polar surface area (TPSA) is 59.7 Å². The second-order valence-corrected chi connectivity index (χ2v) is 5.05. The number of esters is 1. The van der Waals surface area contributed by atoms with Gasteiger partial charge in [-0.15, -0.1) is 10.2 Å². The van der Waals surface area contributed by atoms with Crippen LogP contribution in [-0.2, 0) is 11.3 Å². The average Bonchev–Trinajstić information content (AvgIpc) is 2.91. The molecule has 0 N–H and O–H groups in total. The molecule has 6 heteroatoms. The van der Waals surface area contributed by atoms with E-state index in [0.29, 0.717) is 11.3 Å². The highest BCUT2D eigenvalue weighted by molar-refractivity contribution is 5.88. The van der Waals surface area contributed by atoms with Gasteiger partial charge >= 0.3 is 5.97 Å². The Labute approximate surface area is 117 Å². The van der Waals surface area contributed by atoms with Crippen molar-refractivity contribution >= 4 is 11.6 Å². The number of hydrogen-bond acceptors (Lipinski definition) is 5. The van der Waals surface area contributed by atoms with E-state index in [9.17, 15) is 4.79 Å². The van der Waals surface area contributed by atoms with Crippen molar-refractivity contribution in [3.8, 4) is 0 Å². The van der Waals surface area contributed by atoms with Crippen LogP contribution in [0.2, 0.25) is 0 Å². The van der Waals surface area contributed by atoms with Crippen LogP contribution in [0.4, 0.5) is 0 Å². The number of nitrogens with zero attached hydrogens (tertiary/aromatic N) is 4. The van der Waals surface area contributed by atoms with Gasteiger partial charge in [0.2, 0.25) is 0 Å². The Morgan fingerprint density at radius 1 is 1.25 bits per heavy atom. The molecule has 1 fully saturated rings. The van der Waals surface area contributed by atoms with Crippen LogP contribution in [0.25, 0.3) is 5.65 Å². The molecule has 0 aromatic carbocycles. The van der Waals surface area contributed by atoms with E-state index in [2.05, 4.69) is 15.1 Å². The summed E-state index contributed by atoms with van der Waals surface area (Å²) in [7, 11) is 1.38. The van der Waals surface area contributed by atoms with Gasteiger partial charge in [0.05, 0.1) is 13.7 Å². The number of fused-ring (bicyclic) bond motifs is 1. The van der Waals surface area contributed by atoms with Crippen molar-refractivity contribution in [1.82, 2.24) is 19.5 Å². The zero-order valence-corrected chi connectivity index (χ0v) is 11.6. The molecule has 6 nitrogen and oxygen atoms in total. The quantitative estimate of drug-likeness (QED) is 0.794. The fourth-order valence-corrected chi connectivity index (χ4v) is 2.68. The summed E-state index contributed by atoms with van der Waals surface area (Å²) in [6, 6.07) is 5.38. The maximum Gasteiger partial charge on any atom is 0.355 e. The summed E-state index contributed by atoms with van der Waals surface area (Å²) < 4.78 is 6.62. The molecule has 3 heterocycles. The summed E-state index contributed by atoms with van der Waals surface area (Å²) >= 11 is 0. The molecule has 2 aromatic rings. The van der Waals surface area contributed by atoms with E-state index in [1.165, 1.54) is 26.4 Å². The molecular weight excluding hydrogens is 256 g/mol. The summed E-state index contributed by atoms with van der Waals surface area (Å²) in [5.41, 5.74) is 1.15. The van der Waals surface area contributed by atoms with Crippen molar-refractivity contribution in [1.29, 1.82) is 0 Å². The van der Waals surface area contributed by atoms with Crippen LogP contribution in [0, 0.1) is 0 Å². The fourth-order valence-electron chi connectivity index (χ4n) is 2.68. The van der Waals surface area contributed by atoms with E-state index >= 15 is 0 Å². The molecule has 3 rings (SSSR count). The highest BCUT2D eigenvalue weighted by Gasteiger charge is 2.18. The van der Waals surface area contributed by atoms with Gasteiger partial charge in [0.15, 0.2) is 11.5 Å². The van der Waals surface area contributed by atoms with Crippen LogP contribution in [-0.4, -0.2) is 45.7 Å². The number of piperidine rings is 1. The number of pyridine rings is 1. The van der Waals surface area contributed by atoms with Crippen molar-refractivity contribution in [2.24, 2.45) is 0 Å². The van der Waals surface area contributed by atoms with Crippen LogP contribution < -0.4 is 0 Å². The molecule has 0 radical (unpaired) electrons. The van der Waals surface area contributed by atoms with Gasteiger partial charge in [0, 0.05) is 0 Å². The molecule has 0 saturated carbocycles. The molecule has 0 amide bonds. The lowest BCUT2D eigenvalue weighted by Gasteiger charge is -2.25. The number of likely N-dealkylation sites (tertiary alicyclic amines) is 1. The normalized spacial score (nSPS) is 16.4.